The van der Waals surface area contributed by atoms with Gasteiger partial charge in [-0.2, -0.15) is 0 Å². The topological polar surface area (TPSA) is 52.6 Å². The van der Waals surface area contributed by atoms with Crippen molar-refractivity contribution in [1.29, 1.82) is 0 Å². The number of hydrogen-bond acceptors (Lipinski definition) is 3. The van der Waals surface area contributed by atoms with Gasteiger partial charge in [0.15, 0.2) is 0 Å². The van der Waals surface area contributed by atoms with Crippen LogP contribution in [0.25, 0.3) is 0 Å². The molecule has 4 heteroatoms. The van der Waals surface area contributed by atoms with Gasteiger partial charge in [-0.1, -0.05) is 12.1 Å². The van der Waals surface area contributed by atoms with E-state index in [1.54, 1.807) is 37.2 Å². The zero-order chi connectivity index (χ0) is 12.1. The molecule has 4 nitrogen and oxygen atoms in total. The lowest BCUT2D eigenvalue weighted by atomic mass is 10.1. The smallest absolute Gasteiger partial charge is 0.236 e. The van der Waals surface area contributed by atoms with E-state index in [2.05, 4.69) is 5.32 Å². The van der Waals surface area contributed by atoms with Gasteiger partial charge in [0.05, 0.1) is 6.54 Å². The minimum atomic E-state index is 0.0343. The Hall–Kier alpha value is -1.55. The third kappa shape index (κ3) is 3.55. The first-order valence-corrected chi connectivity index (χ1v) is 5.23. The maximum Gasteiger partial charge on any atom is 0.236 e. The van der Waals surface area contributed by atoms with Gasteiger partial charge in [-0.15, -0.1) is 0 Å². The number of nitrogens with one attached hydrogen (secondary N) is 1. The van der Waals surface area contributed by atoms with Gasteiger partial charge in [0.1, 0.15) is 5.75 Å². The molecule has 0 aliphatic heterocycles. The highest BCUT2D eigenvalue weighted by molar-refractivity contribution is 5.77. The minimum absolute atomic E-state index is 0.0343. The van der Waals surface area contributed by atoms with E-state index in [4.69, 9.17) is 0 Å². The van der Waals surface area contributed by atoms with Crippen molar-refractivity contribution < 1.29 is 9.90 Å². The van der Waals surface area contributed by atoms with Gasteiger partial charge in [0, 0.05) is 20.1 Å². The summed E-state index contributed by atoms with van der Waals surface area (Å²) in [7, 11) is 3.45. The summed E-state index contributed by atoms with van der Waals surface area (Å²) in [6, 6.07) is 7.06. The molecule has 1 aromatic rings. The third-order valence-corrected chi connectivity index (χ3v) is 2.43. The van der Waals surface area contributed by atoms with Gasteiger partial charge < -0.3 is 15.3 Å². The summed E-state index contributed by atoms with van der Waals surface area (Å²) < 4.78 is 0. The van der Waals surface area contributed by atoms with Gasteiger partial charge >= 0.3 is 0 Å². The van der Waals surface area contributed by atoms with Crippen molar-refractivity contribution in [3.05, 3.63) is 29.8 Å². The van der Waals surface area contributed by atoms with Crippen LogP contribution in [0.5, 0.6) is 5.75 Å². The molecule has 0 aromatic heterocycles. The number of rotatable bonds is 4. The molecule has 88 valence electrons. The zero-order valence-corrected chi connectivity index (χ0v) is 9.90. The molecule has 0 aliphatic carbocycles. The molecule has 0 saturated carbocycles. The summed E-state index contributed by atoms with van der Waals surface area (Å²) in [5.74, 6) is 0.275. The third-order valence-electron chi connectivity index (χ3n) is 2.43. The molecule has 1 unspecified atom stereocenters. The van der Waals surface area contributed by atoms with E-state index in [1.807, 2.05) is 13.0 Å². The molecule has 0 heterocycles. The van der Waals surface area contributed by atoms with E-state index in [0.717, 1.165) is 5.56 Å². The fraction of sp³-hybridized carbons (Fsp3) is 0.417. The second-order valence-corrected chi connectivity index (χ2v) is 3.99. The van der Waals surface area contributed by atoms with E-state index >= 15 is 0 Å². The summed E-state index contributed by atoms with van der Waals surface area (Å²) in [4.78, 5) is 12.9. The number of amides is 1. The predicted molar refractivity (Wildman–Crippen MR) is 63.2 cm³/mol. The average Bonchev–Trinajstić information content (AvgIpc) is 2.25. The Balaban J connectivity index is 2.53. The molecule has 0 fully saturated rings. The normalized spacial score (nSPS) is 12.2. The second-order valence-electron chi connectivity index (χ2n) is 3.99. The Morgan fingerprint density at radius 3 is 2.75 bits per heavy atom. The van der Waals surface area contributed by atoms with Crippen molar-refractivity contribution in [3.63, 3.8) is 0 Å². The van der Waals surface area contributed by atoms with Crippen LogP contribution in [0, 0.1) is 0 Å². The molecular formula is C12H18N2O2. The monoisotopic (exact) mass is 222 g/mol. The maximum absolute atomic E-state index is 11.4. The van der Waals surface area contributed by atoms with Gasteiger partial charge in [0.2, 0.25) is 5.91 Å². The van der Waals surface area contributed by atoms with Gasteiger partial charge in [-0.05, 0) is 24.6 Å². The van der Waals surface area contributed by atoms with E-state index in [-0.39, 0.29) is 17.7 Å². The first kappa shape index (κ1) is 12.5. The molecule has 16 heavy (non-hydrogen) atoms. The molecule has 1 rings (SSSR count). The van der Waals surface area contributed by atoms with Crippen LogP contribution in [0.1, 0.15) is 18.5 Å². The van der Waals surface area contributed by atoms with Crippen LogP contribution >= 0.6 is 0 Å². The first-order valence-electron chi connectivity index (χ1n) is 5.23. The Bertz CT molecular complexity index is 364. The standard InChI is InChI=1S/C12H18N2O2/c1-9(13-8-12(16)14(2)3)10-5-4-6-11(15)7-10/h4-7,9,13,15H,8H2,1-3H3. The second kappa shape index (κ2) is 5.51. The number of phenolic OH excluding ortho intramolecular Hbond substituents is 1. The quantitative estimate of drug-likeness (QED) is 0.803. The van der Waals surface area contributed by atoms with Crippen molar-refractivity contribution in [2.75, 3.05) is 20.6 Å². The molecule has 0 radical (unpaired) electrons. The number of carbonyl (C=O) groups is 1. The van der Waals surface area contributed by atoms with Gasteiger partial charge in [-0.3, -0.25) is 4.79 Å². The van der Waals surface area contributed by atoms with Crippen LogP contribution in [0.4, 0.5) is 0 Å². The Morgan fingerprint density at radius 1 is 1.50 bits per heavy atom. The Kier molecular flexibility index (Phi) is 4.31. The van der Waals surface area contributed by atoms with Crippen LogP contribution in [-0.2, 0) is 4.79 Å². The summed E-state index contributed by atoms with van der Waals surface area (Å²) in [5.41, 5.74) is 0.964. The summed E-state index contributed by atoms with van der Waals surface area (Å²) in [5, 5.41) is 12.4. The minimum Gasteiger partial charge on any atom is -0.508 e. The van der Waals surface area contributed by atoms with E-state index in [0.29, 0.717) is 6.54 Å². The fourth-order valence-electron chi connectivity index (χ4n) is 1.31. The number of benzene rings is 1. The summed E-state index contributed by atoms with van der Waals surface area (Å²) >= 11 is 0. The van der Waals surface area contributed by atoms with Crippen LogP contribution < -0.4 is 5.32 Å². The lowest BCUT2D eigenvalue weighted by Gasteiger charge is -2.16. The number of phenols is 1. The SMILES string of the molecule is CC(NCC(=O)N(C)C)c1cccc(O)c1. The van der Waals surface area contributed by atoms with Crippen molar-refractivity contribution in [1.82, 2.24) is 10.2 Å². The molecule has 0 bridgehead atoms. The van der Waals surface area contributed by atoms with E-state index < -0.39 is 0 Å². The molecule has 2 N–H and O–H groups in total. The van der Waals surface area contributed by atoms with Crippen molar-refractivity contribution >= 4 is 5.91 Å². The molecular weight excluding hydrogens is 204 g/mol. The maximum atomic E-state index is 11.4. The molecule has 0 aliphatic rings. The van der Waals surface area contributed by atoms with Gasteiger partial charge in [-0.25, -0.2) is 0 Å². The summed E-state index contributed by atoms with van der Waals surface area (Å²) in [6.45, 7) is 2.25. The van der Waals surface area contributed by atoms with Gasteiger partial charge in [0.25, 0.3) is 0 Å². The predicted octanol–water partition coefficient (Wildman–Crippen LogP) is 1.13. The molecule has 1 amide bonds. The van der Waals surface area contributed by atoms with Crippen LogP contribution in [0.3, 0.4) is 0 Å². The van der Waals surface area contributed by atoms with Crippen LogP contribution in [0.2, 0.25) is 0 Å². The highest BCUT2D eigenvalue weighted by Gasteiger charge is 2.08. The molecule has 1 aromatic carbocycles. The van der Waals surface area contributed by atoms with Crippen molar-refractivity contribution in [2.24, 2.45) is 0 Å². The highest BCUT2D eigenvalue weighted by atomic mass is 16.3. The molecule has 1 atom stereocenters. The number of aromatic hydroxyl groups is 1. The Morgan fingerprint density at radius 2 is 2.19 bits per heavy atom. The average molecular weight is 222 g/mol. The number of hydrogen-bond donors (Lipinski definition) is 2. The number of likely N-dealkylation sites (N-methyl/N-ethyl adjacent to an activating group) is 1. The van der Waals surface area contributed by atoms with Crippen LogP contribution in [0.15, 0.2) is 24.3 Å². The van der Waals surface area contributed by atoms with E-state index in [1.165, 1.54) is 0 Å². The number of carbonyl (C=O) groups excluding carboxylic acids is 1. The molecule has 0 saturated heterocycles. The first-order chi connectivity index (χ1) is 7.50. The fourth-order valence-corrected chi connectivity index (χ4v) is 1.31. The lowest BCUT2D eigenvalue weighted by molar-refractivity contribution is -0.127. The Labute approximate surface area is 95.9 Å². The number of nitrogens with zero attached hydrogens (tertiary/aromatic N) is 1. The van der Waals surface area contributed by atoms with E-state index in [9.17, 15) is 9.90 Å². The largest absolute Gasteiger partial charge is 0.508 e. The molecule has 0 spiro atoms. The summed E-state index contributed by atoms with van der Waals surface area (Å²) in [6.07, 6.45) is 0. The highest BCUT2D eigenvalue weighted by Crippen LogP contribution is 2.17. The van der Waals surface area contributed by atoms with Crippen LogP contribution in [-0.4, -0.2) is 36.6 Å². The van der Waals surface area contributed by atoms with Crippen molar-refractivity contribution in [3.8, 4) is 5.75 Å². The lowest BCUT2D eigenvalue weighted by Crippen LogP contribution is -2.34. The zero-order valence-electron chi connectivity index (χ0n) is 9.90. The van der Waals surface area contributed by atoms with Crippen molar-refractivity contribution in [2.45, 2.75) is 13.0 Å².